The van der Waals surface area contributed by atoms with E-state index in [4.69, 9.17) is 14.2 Å². The van der Waals surface area contributed by atoms with Gasteiger partial charge in [-0.3, -0.25) is 0 Å². The van der Waals surface area contributed by atoms with Crippen LogP contribution in [0.2, 0.25) is 0 Å². The summed E-state index contributed by atoms with van der Waals surface area (Å²) in [5.74, 6) is 2.82. The molecule has 0 aromatic heterocycles. The van der Waals surface area contributed by atoms with E-state index in [-0.39, 0.29) is 0 Å². The third-order valence-corrected chi connectivity index (χ3v) is 1.59. The molecule has 0 N–H and O–H groups in total. The fourth-order valence-corrected chi connectivity index (χ4v) is 1.02. The molecule has 92 valence electrons. The van der Waals surface area contributed by atoms with Crippen molar-refractivity contribution in [3.63, 3.8) is 0 Å². The summed E-state index contributed by atoms with van der Waals surface area (Å²) in [6, 6.07) is 5.49. The Kier molecular flexibility index (Phi) is 7.18. The molecule has 0 aliphatic carbocycles. The van der Waals surface area contributed by atoms with Gasteiger partial charge in [0.2, 0.25) is 5.75 Å². The van der Waals surface area contributed by atoms with Crippen molar-refractivity contribution in [1.29, 1.82) is 0 Å². The quantitative estimate of drug-likeness (QED) is 0.790. The Labute approximate surface area is 98.3 Å². The van der Waals surface area contributed by atoms with Crippen LogP contribution in [0.5, 0.6) is 17.2 Å². The molecule has 0 aliphatic heterocycles. The molecule has 16 heavy (non-hydrogen) atoms. The number of rotatable bonds is 3. The monoisotopic (exact) mass is 226 g/mol. The van der Waals surface area contributed by atoms with Gasteiger partial charge >= 0.3 is 0 Å². The lowest BCUT2D eigenvalue weighted by atomic mass is 10.3. The van der Waals surface area contributed by atoms with E-state index in [1.165, 1.54) is 0 Å². The van der Waals surface area contributed by atoms with E-state index in [0.29, 0.717) is 17.2 Å². The van der Waals surface area contributed by atoms with Crippen molar-refractivity contribution in [3.05, 3.63) is 18.2 Å². The zero-order valence-corrected chi connectivity index (χ0v) is 11.0. The summed E-state index contributed by atoms with van der Waals surface area (Å²) in [6.45, 7) is 6.50. The first-order valence-electron chi connectivity index (χ1n) is 5.31. The maximum atomic E-state index is 5.11. The molecule has 0 aliphatic rings. The van der Waals surface area contributed by atoms with Crippen LogP contribution >= 0.6 is 0 Å². The summed E-state index contributed by atoms with van der Waals surface area (Å²) in [5, 5.41) is 0. The lowest BCUT2D eigenvalue weighted by Gasteiger charge is -2.10. The fraction of sp³-hybridized carbons (Fsp3) is 0.538. The third-order valence-electron chi connectivity index (χ3n) is 1.59. The number of methoxy groups -OCH3 is 3. The lowest BCUT2D eigenvalue weighted by Crippen LogP contribution is -1.93. The van der Waals surface area contributed by atoms with Gasteiger partial charge in [0.05, 0.1) is 21.3 Å². The van der Waals surface area contributed by atoms with E-state index >= 15 is 0 Å². The van der Waals surface area contributed by atoms with Crippen LogP contribution in [0.25, 0.3) is 0 Å². The average Bonchev–Trinajstić information content (AvgIpc) is 2.26. The van der Waals surface area contributed by atoms with E-state index in [2.05, 4.69) is 20.8 Å². The first-order chi connectivity index (χ1) is 7.56. The highest BCUT2D eigenvalue weighted by molar-refractivity contribution is 5.50. The molecule has 0 bridgehead atoms. The summed E-state index contributed by atoms with van der Waals surface area (Å²) in [6.07, 6.45) is 0. The van der Waals surface area contributed by atoms with Crippen molar-refractivity contribution >= 4 is 0 Å². The van der Waals surface area contributed by atoms with Crippen molar-refractivity contribution in [2.45, 2.75) is 20.8 Å². The van der Waals surface area contributed by atoms with Gasteiger partial charge in [0, 0.05) is 0 Å². The van der Waals surface area contributed by atoms with Gasteiger partial charge in [0.15, 0.2) is 11.5 Å². The average molecular weight is 226 g/mol. The number of para-hydroxylation sites is 1. The molecule has 1 aromatic rings. The summed E-state index contributed by atoms with van der Waals surface area (Å²) in [5.41, 5.74) is 0. The zero-order valence-electron chi connectivity index (χ0n) is 11.0. The van der Waals surface area contributed by atoms with E-state index in [1.54, 1.807) is 21.3 Å². The van der Waals surface area contributed by atoms with Crippen LogP contribution in [0.3, 0.4) is 0 Å². The number of ether oxygens (including phenoxy) is 3. The van der Waals surface area contributed by atoms with Gasteiger partial charge in [0.1, 0.15) is 0 Å². The largest absolute Gasteiger partial charge is 0.493 e. The minimum Gasteiger partial charge on any atom is -0.493 e. The summed E-state index contributed by atoms with van der Waals surface area (Å²) < 4.78 is 15.3. The molecule has 3 nitrogen and oxygen atoms in total. The maximum absolute atomic E-state index is 5.11. The highest BCUT2D eigenvalue weighted by atomic mass is 16.5. The van der Waals surface area contributed by atoms with Gasteiger partial charge < -0.3 is 14.2 Å². The minimum absolute atomic E-state index is 0.627. The minimum atomic E-state index is 0.627. The van der Waals surface area contributed by atoms with Crippen LogP contribution in [0.1, 0.15) is 20.8 Å². The first-order valence-corrected chi connectivity index (χ1v) is 5.31. The normalized spacial score (nSPS) is 9.19. The SMILES string of the molecule is CC(C)C.COc1cccc(OC)c1OC. The van der Waals surface area contributed by atoms with Gasteiger partial charge in [-0.05, 0) is 18.1 Å². The van der Waals surface area contributed by atoms with Gasteiger partial charge in [-0.2, -0.15) is 0 Å². The lowest BCUT2D eigenvalue weighted by molar-refractivity contribution is 0.324. The third kappa shape index (κ3) is 4.91. The summed E-state index contributed by atoms with van der Waals surface area (Å²) in [4.78, 5) is 0. The van der Waals surface area contributed by atoms with Crippen LogP contribution in [-0.4, -0.2) is 21.3 Å². The second-order valence-corrected chi connectivity index (χ2v) is 3.93. The molecule has 0 atom stereocenters. The molecular weight excluding hydrogens is 204 g/mol. The summed E-state index contributed by atoms with van der Waals surface area (Å²) in [7, 11) is 4.77. The molecule has 0 amide bonds. The Bertz CT molecular complexity index is 270. The molecule has 0 radical (unpaired) electrons. The second kappa shape index (κ2) is 7.85. The predicted molar refractivity (Wildman–Crippen MR) is 66.6 cm³/mol. The highest BCUT2D eigenvalue weighted by Crippen LogP contribution is 2.35. The highest BCUT2D eigenvalue weighted by Gasteiger charge is 2.08. The van der Waals surface area contributed by atoms with Gasteiger partial charge in [-0.1, -0.05) is 26.8 Å². The van der Waals surface area contributed by atoms with Gasteiger partial charge in [0.25, 0.3) is 0 Å². The van der Waals surface area contributed by atoms with Crippen molar-refractivity contribution in [2.24, 2.45) is 5.92 Å². The Balaban J connectivity index is 0.000000487. The van der Waals surface area contributed by atoms with Crippen LogP contribution in [0.15, 0.2) is 18.2 Å². The Hall–Kier alpha value is -1.38. The maximum Gasteiger partial charge on any atom is 0.203 e. The predicted octanol–water partition coefficient (Wildman–Crippen LogP) is 3.37. The summed E-state index contributed by atoms with van der Waals surface area (Å²) >= 11 is 0. The number of hydrogen-bond donors (Lipinski definition) is 0. The standard InChI is InChI=1S/C9H12O3.C4H10/c1-10-7-5-4-6-8(11-2)9(7)12-3;1-4(2)3/h4-6H,1-3H3;4H,1-3H3. The Morgan fingerprint density at radius 2 is 1.19 bits per heavy atom. The molecule has 1 rings (SSSR count). The van der Waals surface area contributed by atoms with E-state index in [9.17, 15) is 0 Å². The van der Waals surface area contributed by atoms with E-state index in [1.807, 2.05) is 18.2 Å². The molecule has 0 unspecified atom stereocenters. The Morgan fingerprint density at radius 1 is 0.812 bits per heavy atom. The van der Waals surface area contributed by atoms with Crippen LogP contribution in [0, 0.1) is 5.92 Å². The van der Waals surface area contributed by atoms with Crippen molar-refractivity contribution in [3.8, 4) is 17.2 Å². The topological polar surface area (TPSA) is 27.7 Å². The van der Waals surface area contributed by atoms with Crippen LogP contribution in [0.4, 0.5) is 0 Å². The first kappa shape index (κ1) is 14.6. The van der Waals surface area contributed by atoms with Crippen molar-refractivity contribution < 1.29 is 14.2 Å². The Morgan fingerprint density at radius 3 is 1.44 bits per heavy atom. The van der Waals surface area contributed by atoms with Crippen molar-refractivity contribution in [1.82, 2.24) is 0 Å². The van der Waals surface area contributed by atoms with E-state index < -0.39 is 0 Å². The van der Waals surface area contributed by atoms with Crippen molar-refractivity contribution in [2.75, 3.05) is 21.3 Å². The fourth-order valence-electron chi connectivity index (χ4n) is 1.02. The molecule has 0 saturated carbocycles. The zero-order chi connectivity index (χ0) is 12.6. The van der Waals surface area contributed by atoms with Crippen LogP contribution in [-0.2, 0) is 0 Å². The smallest absolute Gasteiger partial charge is 0.203 e. The number of hydrogen-bond acceptors (Lipinski definition) is 3. The molecule has 1 aromatic carbocycles. The molecule has 0 spiro atoms. The molecule has 0 heterocycles. The molecular formula is C13H22O3. The van der Waals surface area contributed by atoms with Crippen LogP contribution < -0.4 is 14.2 Å². The second-order valence-electron chi connectivity index (χ2n) is 3.93. The van der Waals surface area contributed by atoms with Gasteiger partial charge in [-0.15, -0.1) is 0 Å². The molecule has 3 heteroatoms. The number of benzene rings is 1. The molecule has 0 fully saturated rings. The van der Waals surface area contributed by atoms with E-state index in [0.717, 1.165) is 5.92 Å². The van der Waals surface area contributed by atoms with Gasteiger partial charge in [-0.25, -0.2) is 0 Å². The molecule has 0 saturated heterocycles.